The summed E-state index contributed by atoms with van der Waals surface area (Å²) in [5.74, 6) is 0.247. The summed E-state index contributed by atoms with van der Waals surface area (Å²) in [7, 11) is -3.74. The second-order valence-electron chi connectivity index (χ2n) is 10.2. The molecule has 9 heteroatoms. The Hall–Kier alpha value is -2.91. The molecule has 2 aromatic rings. The van der Waals surface area contributed by atoms with Gasteiger partial charge in [-0.25, -0.2) is 8.42 Å². The smallest absolute Gasteiger partial charge is 0.265 e. The predicted octanol–water partition coefficient (Wildman–Crippen LogP) is 3.22. The number of nitrogens with one attached hydrogen (secondary N) is 1. The number of carbonyl (C=O) groups excluding carboxylic acids is 2. The van der Waals surface area contributed by atoms with Crippen LogP contribution in [0.15, 0.2) is 53.4 Å². The Morgan fingerprint density at radius 3 is 2.50 bits per heavy atom. The molecule has 8 nitrogen and oxygen atoms in total. The molecule has 0 radical (unpaired) electrons. The molecule has 36 heavy (non-hydrogen) atoms. The van der Waals surface area contributed by atoms with Gasteiger partial charge in [-0.05, 0) is 61.8 Å². The summed E-state index contributed by atoms with van der Waals surface area (Å²) in [5, 5.41) is 2.95. The molecule has 0 saturated carbocycles. The van der Waals surface area contributed by atoms with E-state index < -0.39 is 10.0 Å². The van der Waals surface area contributed by atoms with E-state index in [4.69, 9.17) is 4.74 Å². The van der Waals surface area contributed by atoms with E-state index in [2.05, 4.69) is 31.3 Å². The lowest BCUT2D eigenvalue weighted by Gasteiger charge is -2.34. The molecule has 0 aromatic heterocycles. The van der Waals surface area contributed by atoms with Gasteiger partial charge in [-0.3, -0.25) is 14.5 Å². The fourth-order valence-electron chi connectivity index (χ4n) is 5.03. The molecule has 3 atom stereocenters. The predicted molar refractivity (Wildman–Crippen MR) is 138 cm³/mol. The summed E-state index contributed by atoms with van der Waals surface area (Å²) >= 11 is 0. The summed E-state index contributed by atoms with van der Waals surface area (Å²) in [4.78, 5) is 26.9. The Morgan fingerprint density at radius 1 is 1.11 bits per heavy atom. The van der Waals surface area contributed by atoms with Crippen LogP contribution in [0.25, 0.3) is 0 Å². The number of carbonyl (C=O) groups is 2. The molecular weight excluding hydrogens is 478 g/mol. The molecule has 1 fully saturated rings. The first-order valence-corrected chi connectivity index (χ1v) is 14.0. The van der Waals surface area contributed by atoms with Crippen molar-refractivity contribution in [2.45, 2.75) is 51.0 Å². The summed E-state index contributed by atoms with van der Waals surface area (Å²) in [6.45, 7) is 6.57. The van der Waals surface area contributed by atoms with Crippen molar-refractivity contribution in [3.63, 3.8) is 0 Å². The van der Waals surface area contributed by atoms with Crippen molar-refractivity contribution in [3.8, 4) is 5.75 Å². The average molecular weight is 514 g/mol. The van der Waals surface area contributed by atoms with E-state index in [-0.39, 0.29) is 47.7 Å². The second-order valence-corrected chi connectivity index (χ2v) is 12.1. The quantitative estimate of drug-likeness (QED) is 0.585. The van der Waals surface area contributed by atoms with Gasteiger partial charge in [-0.1, -0.05) is 44.2 Å². The van der Waals surface area contributed by atoms with E-state index in [1.165, 1.54) is 26.9 Å². The van der Waals surface area contributed by atoms with Gasteiger partial charge < -0.3 is 10.1 Å². The highest BCUT2D eigenvalue weighted by Crippen LogP contribution is 2.36. The molecule has 2 aliphatic heterocycles. The topological polar surface area (TPSA) is 96.0 Å². The van der Waals surface area contributed by atoms with Gasteiger partial charge in [0, 0.05) is 19.1 Å². The van der Waals surface area contributed by atoms with Crippen LogP contribution in [0.3, 0.4) is 0 Å². The van der Waals surface area contributed by atoms with Crippen molar-refractivity contribution in [3.05, 3.63) is 54.1 Å². The third-order valence-corrected chi connectivity index (χ3v) is 8.59. The Morgan fingerprint density at radius 2 is 1.81 bits per heavy atom. The first-order chi connectivity index (χ1) is 17.1. The first-order valence-electron chi connectivity index (χ1n) is 12.5. The highest BCUT2D eigenvalue weighted by Gasteiger charge is 2.34. The van der Waals surface area contributed by atoms with E-state index in [9.17, 15) is 18.0 Å². The molecular formula is C27H35N3O5S. The van der Waals surface area contributed by atoms with Gasteiger partial charge in [0.1, 0.15) is 12.3 Å². The number of anilines is 1. The Kier molecular flexibility index (Phi) is 8.00. The van der Waals surface area contributed by atoms with Crippen LogP contribution >= 0.6 is 0 Å². The summed E-state index contributed by atoms with van der Waals surface area (Å²) in [6, 6.07) is 14.5. The minimum absolute atomic E-state index is 0.0805. The van der Waals surface area contributed by atoms with Crippen molar-refractivity contribution in [1.82, 2.24) is 9.62 Å². The molecule has 0 bridgehead atoms. The summed E-state index contributed by atoms with van der Waals surface area (Å²) in [6.07, 6.45) is 2.58. The molecule has 1 N–H and O–H groups in total. The van der Waals surface area contributed by atoms with Gasteiger partial charge in [-0.2, -0.15) is 4.31 Å². The van der Waals surface area contributed by atoms with Crippen LogP contribution in [0.4, 0.5) is 5.69 Å². The molecule has 4 rings (SSSR count). The largest absolute Gasteiger partial charge is 0.482 e. The number of piperidine rings is 1. The third-order valence-electron chi connectivity index (χ3n) is 6.76. The molecule has 2 aromatic carbocycles. The van der Waals surface area contributed by atoms with Crippen LogP contribution in [-0.4, -0.2) is 56.8 Å². The zero-order valence-corrected chi connectivity index (χ0v) is 22.0. The average Bonchev–Trinajstić information content (AvgIpc) is 2.84. The maximum absolute atomic E-state index is 13.4. The lowest BCUT2D eigenvalue weighted by atomic mass is 9.94. The second kappa shape index (κ2) is 11.0. The van der Waals surface area contributed by atoms with Gasteiger partial charge in [-0.15, -0.1) is 0 Å². The van der Waals surface area contributed by atoms with Crippen LogP contribution in [0.5, 0.6) is 5.75 Å². The van der Waals surface area contributed by atoms with Gasteiger partial charge in [0.2, 0.25) is 15.9 Å². The lowest BCUT2D eigenvalue weighted by molar-refractivity contribution is -0.125. The normalized spacial score (nSPS) is 21.4. The number of rotatable bonds is 8. The zero-order chi connectivity index (χ0) is 25.9. The van der Waals surface area contributed by atoms with Crippen LogP contribution in [0.1, 0.15) is 39.2 Å². The number of nitrogens with zero attached hydrogens (tertiary/aromatic N) is 2. The number of hydrogen-bond donors (Lipinski definition) is 1. The van der Waals surface area contributed by atoms with E-state index in [1.54, 1.807) is 6.07 Å². The highest BCUT2D eigenvalue weighted by molar-refractivity contribution is 7.89. The standard InChI is InChI=1S/C27H35N3O5S/c1-19-13-20(2)16-29(15-19)36(33,34)23-11-12-25-24(14-23)30(27(32)18-35-25)17-26(31)28-21(3)9-10-22-7-5-4-6-8-22/h4-8,11-12,14,19-21H,9-10,13,15-18H2,1-3H3,(H,28,31)/t19-,20+,21-/m0/s1. The van der Waals surface area contributed by atoms with Gasteiger partial charge >= 0.3 is 0 Å². The highest BCUT2D eigenvalue weighted by atomic mass is 32.2. The molecule has 2 heterocycles. The van der Waals surface area contributed by atoms with Crippen molar-refractivity contribution in [2.24, 2.45) is 11.8 Å². The maximum Gasteiger partial charge on any atom is 0.265 e. The number of fused-ring (bicyclic) bond motifs is 1. The Bertz CT molecular complexity index is 1190. The van der Waals surface area contributed by atoms with Gasteiger partial charge in [0.05, 0.1) is 10.6 Å². The minimum Gasteiger partial charge on any atom is -0.482 e. The maximum atomic E-state index is 13.4. The van der Waals surface area contributed by atoms with E-state index in [0.29, 0.717) is 24.5 Å². The molecule has 2 aliphatic rings. The van der Waals surface area contributed by atoms with Crippen LogP contribution in [-0.2, 0) is 26.0 Å². The van der Waals surface area contributed by atoms with E-state index in [1.807, 2.05) is 25.1 Å². The monoisotopic (exact) mass is 513 g/mol. The van der Waals surface area contributed by atoms with Crippen molar-refractivity contribution in [2.75, 3.05) is 31.1 Å². The summed E-state index contributed by atoms with van der Waals surface area (Å²) < 4.78 is 33.9. The minimum atomic E-state index is -3.74. The third kappa shape index (κ3) is 6.07. The number of hydrogen-bond acceptors (Lipinski definition) is 5. The molecule has 0 unspecified atom stereocenters. The van der Waals surface area contributed by atoms with Crippen LogP contribution in [0.2, 0.25) is 0 Å². The fourth-order valence-corrected chi connectivity index (χ4v) is 6.73. The summed E-state index contributed by atoms with van der Waals surface area (Å²) in [5.41, 5.74) is 1.50. The Balaban J connectivity index is 1.47. The van der Waals surface area contributed by atoms with E-state index in [0.717, 1.165) is 19.3 Å². The van der Waals surface area contributed by atoms with Gasteiger partial charge in [0.15, 0.2) is 6.61 Å². The molecule has 2 amide bonds. The zero-order valence-electron chi connectivity index (χ0n) is 21.1. The number of amides is 2. The number of sulfonamides is 1. The van der Waals surface area contributed by atoms with Crippen molar-refractivity contribution < 1.29 is 22.7 Å². The Labute approximate surface area is 213 Å². The van der Waals surface area contributed by atoms with Crippen LogP contribution < -0.4 is 15.0 Å². The van der Waals surface area contributed by atoms with Gasteiger partial charge in [0.25, 0.3) is 5.91 Å². The molecule has 0 spiro atoms. The van der Waals surface area contributed by atoms with Crippen molar-refractivity contribution >= 4 is 27.5 Å². The molecule has 1 saturated heterocycles. The van der Waals surface area contributed by atoms with Crippen LogP contribution in [0, 0.1) is 11.8 Å². The fraction of sp³-hybridized carbons (Fsp3) is 0.481. The van der Waals surface area contributed by atoms with E-state index >= 15 is 0 Å². The lowest BCUT2D eigenvalue weighted by Crippen LogP contribution is -2.47. The number of aryl methyl sites for hydroxylation is 1. The SMILES string of the molecule is C[C@@H]1C[C@H](C)CN(S(=O)(=O)c2ccc3c(c2)N(CC(=O)N[C@@H](C)CCc2ccccc2)C(=O)CO3)C1. The number of ether oxygens (including phenoxy) is 1. The van der Waals surface area contributed by atoms with Crippen molar-refractivity contribution in [1.29, 1.82) is 0 Å². The molecule has 0 aliphatic carbocycles. The first kappa shape index (κ1) is 26.2. The molecule has 194 valence electrons. The number of benzene rings is 2.